The smallest absolute Gasteiger partial charge is 0.308 e. The van der Waals surface area contributed by atoms with Crippen LogP contribution in [0, 0.1) is 0 Å². The minimum Gasteiger partial charge on any atom is -0.481 e. The second kappa shape index (κ2) is 3.68. The maximum Gasteiger partial charge on any atom is 0.308 e. The Kier molecular flexibility index (Phi) is 2.28. The van der Waals surface area contributed by atoms with Gasteiger partial charge in [0.2, 0.25) is 0 Å². The molecule has 1 aromatic heterocycles. The zero-order valence-corrected chi connectivity index (χ0v) is 9.40. The normalized spacial score (nSPS) is 19.3. The number of aliphatic carboxylic acids is 1. The van der Waals surface area contributed by atoms with E-state index in [2.05, 4.69) is 9.97 Å². The molecule has 0 spiro atoms. The van der Waals surface area contributed by atoms with Crippen molar-refractivity contribution in [3.8, 4) is 0 Å². The van der Waals surface area contributed by atoms with Crippen LogP contribution in [-0.4, -0.2) is 21.0 Å². The largest absolute Gasteiger partial charge is 0.481 e. The molecule has 0 aliphatic heterocycles. The van der Waals surface area contributed by atoms with Crippen molar-refractivity contribution < 1.29 is 9.90 Å². The molecule has 0 radical (unpaired) electrons. The number of nitrogens with zero attached hydrogens (tertiary/aromatic N) is 1. The lowest BCUT2D eigenvalue weighted by Gasteiger charge is -2.07. The van der Waals surface area contributed by atoms with Crippen LogP contribution in [0.2, 0.25) is 0 Å². The molecule has 0 amide bonds. The third-order valence-electron chi connectivity index (χ3n) is 3.32. The predicted molar refractivity (Wildman–Crippen MR) is 60.1 cm³/mol. The maximum absolute atomic E-state index is 11.9. The summed E-state index contributed by atoms with van der Waals surface area (Å²) >= 11 is 0. The molecule has 1 aromatic rings. The Bertz CT molecular complexity index is 527. The Hall–Kier alpha value is -1.65. The van der Waals surface area contributed by atoms with E-state index >= 15 is 0 Å². The van der Waals surface area contributed by atoms with Crippen LogP contribution in [0.25, 0.3) is 0 Å². The zero-order valence-electron chi connectivity index (χ0n) is 9.40. The Morgan fingerprint density at radius 3 is 2.47 bits per heavy atom. The molecule has 2 fully saturated rings. The van der Waals surface area contributed by atoms with Gasteiger partial charge < -0.3 is 10.1 Å². The Morgan fingerprint density at radius 2 is 1.94 bits per heavy atom. The monoisotopic (exact) mass is 234 g/mol. The SMILES string of the molecule is O=C(O)Cc1c(C2CC2)nc(C2CC2)[nH]c1=O. The van der Waals surface area contributed by atoms with Gasteiger partial charge in [-0.3, -0.25) is 9.59 Å². The second-order valence-electron chi connectivity index (χ2n) is 4.93. The van der Waals surface area contributed by atoms with E-state index in [-0.39, 0.29) is 12.0 Å². The summed E-state index contributed by atoms with van der Waals surface area (Å²) in [4.78, 5) is 29.9. The van der Waals surface area contributed by atoms with Gasteiger partial charge in [0, 0.05) is 11.8 Å². The number of carbonyl (C=O) groups is 1. The van der Waals surface area contributed by atoms with E-state index in [1.165, 1.54) is 0 Å². The Balaban J connectivity index is 2.05. The summed E-state index contributed by atoms with van der Waals surface area (Å²) in [6.45, 7) is 0. The summed E-state index contributed by atoms with van der Waals surface area (Å²) in [6.07, 6.45) is 3.97. The number of hydrogen-bond acceptors (Lipinski definition) is 3. The third-order valence-corrected chi connectivity index (χ3v) is 3.32. The third kappa shape index (κ3) is 2.09. The molecule has 1 heterocycles. The number of hydrogen-bond donors (Lipinski definition) is 2. The highest BCUT2D eigenvalue weighted by Gasteiger charge is 2.33. The molecule has 0 unspecified atom stereocenters. The van der Waals surface area contributed by atoms with Crippen LogP contribution in [0.3, 0.4) is 0 Å². The van der Waals surface area contributed by atoms with Crippen LogP contribution >= 0.6 is 0 Å². The summed E-state index contributed by atoms with van der Waals surface area (Å²) in [6, 6.07) is 0. The molecule has 0 aromatic carbocycles. The number of aromatic amines is 1. The van der Waals surface area contributed by atoms with Crippen molar-refractivity contribution in [2.45, 2.75) is 43.9 Å². The fourth-order valence-corrected chi connectivity index (χ4v) is 2.10. The fraction of sp³-hybridized carbons (Fsp3) is 0.583. The van der Waals surface area contributed by atoms with Crippen LogP contribution < -0.4 is 5.56 Å². The lowest BCUT2D eigenvalue weighted by Crippen LogP contribution is -2.22. The van der Waals surface area contributed by atoms with Gasteiger partial charge in [0.25, 0.3) is 5.56 Å². The van der Waals surface area contributed by atoms with Crippen LogP contribution in [0.5, 0.6) is 0 Å². The van der Waals surface area contributed by atoms with Crippen LogP contribution in [0.15, 0.2) is 4.79 Å². The number of aromatic nitrogens is 2. The van der Waals surface area contributed by atoms with E-state index in [4.69, 9.17) is 5.11 Å². The molecule has 5 nitrogen and oxygen atoms in total. The lowest BCUT2D eigenvalue weighted by atomic mass is 10.1. The minimum absolute atomic E-state index is 0.223. The van der Waals surface area contributed by atoms with Crippen molar-refractivity contribution in [2.75, 3.05) is 0 Å². The number of rotatable bonds is 4. The van der Waals surface area contributed by atoms with Crippen molar-refractivity contribution >= 4 is 5.97 Å². The van der Waals surface area contributed by atoms with Crippen LogP contribution in [0.1, 0.15) is 54.6 Å². The van der Waals surface area contributed by atoms with E-state index in [0.717, 1.165) is 37.2 Å². The van der Waals surface area contributed by atoms with E-state index in [1.807, 2.05) is 0 Å². The first-order valence-corrected chi connectivity index (χ1v) is 6.00. The molecule has 5 heteroatoms. The van der Waals surface area contributed by atoms with Crippen LogP contribution in [-0.2, 0) is 11.2 Å². The first-order valence-electron chi connectivity index (χ1n) is 6.00. The van der Waals surface area contributed by atoms with E-state index < -0.39 is 5.97 Å². The molecule has 0 bridgehead atoms. The molecule has 2 N–H and O–H groups in total. The number of H-pyrrole nitrogens is 1. The highest BCUT2D eigenvalue weighted by Crippen LogP contribution is 2.42. The van der Waals surface area contributed by atoms with Gasteiger partial charge >= 0.3 is 5.97 Å². The van der Waals surface area contributed by atoms with Crippen molar-refractivity contribution in [1.29, 1.82) is 0 Å². The van der Waals surface area contributed by atoms with Crippen molar-refractivity contribution in [3.63, 3.8) is 0 Å². The lowest BCUT2D eigenvalue weighted by molar-refractivity contribution is -0.136. The second-order valence-corrected chi connectivity index (χ2v) is 4.93. The molecular weight excluding hydrogens is 220 g/mol. The van der Waals surface area contributed by atoms with Gasteiger partial charge in [-0.05, 0) is 25.7 Å². The van der Waals surface area contributed by atoms with Gasteiger partial charge in [0.15, 0.2) is 0 Å². The molecule has 90 valence electrons. The van der Waals surface area contributed by atoms with Gasteiger partial charge in [0.05, 0.1) is 17.7 Å². The van der Waals surface area contributed by atoms with Gasteiger partial charge in [-0.2, -0.15) is 0 Å². The summed E-state index contributed by atoms with van der Waals surface area (Å²) in [7, 11) is 0. The summed E-state index contributed by atoms with van der Waals surface area (Å²) < 4.78 is 0. The quantitative estimate of drug-likeness (QED) is 0.818. The molecular formula is C12H14N2O3. The number of carboxylic acid groups (broad SMARTS) is 1. The molecule has 2 aliphatic carbocycles. The maximum atomic E-state index is 11.9. The van der Waals surface area contributed by atoms with Gasteiger partial charge in [-0.1, -0.05) is 0 Å². The molecule has 2 saturated carbocycles. The molecule has 0 saturated heterocycles. The molecule has 0 atom stereocenters. The summed E-state index contributed by atoms with van der Waals surface area (Å²) in [5, 5.41) is 8.83. The van der Waals surface area contributed by atoms with Crippen molar-refractivity contribution in [3.05, 3.63) is 27.4 Å². The molecule has 2 aliphatic rings. The number of carboxylic acids is 1. The summed E-state index contributed by atoms with van der Waals surface area (Å²) in [5.41, 5.74) is 0.827. The standard InChI is InChI=1S/C12H14N2O3/c15-9(16)5-8-10(6-1-2-6)13-11(7-3-4-7)14-12(8)17/h6-7H,1-5H2,(H,15,16)(H,13,14,17). The Morgan fingerprint density at radius 1 is 1.29 bits per heavy atom. The van der Waals surface area contributed by atoms with E-state index in [0.29, 0.717) is 17.4 Å². The highest BCUT2D eigenvalue weighted by molar-refractivity contribution is 5.70. The average molecular weight is 234 g/mol. The Labute approximate surface area is 97.9 Å². The van der Waals surface area contributed by atoms with E-state index in [1.54, 1.807) is 0 Å². The van der Waals surface area contributed by atoms with Gasteiger partial charge in [-0.15, -0.1) is 0 Å². The average Bonchev–Trinajstić information content (AvgIpc) is 3.15. The predicted octanol–water partition coefficient (Wildman–Crippen LogP) is 1.15. The van der Waals surface area contributed by atoms with Crippen LogP contribution in [0.4, 0.5) is 0 Å². The number of nitrogens with one attached hydrogen (secondary N) is 1. The van der Waals surface area contributed by atoms with Gasteiger partial charge in [0.1, 0.15) is 5.82 Å². The minimum atomic E-state index is -0.974. The fourth-order valence-electron chi connectivity index (χ4n) is 2.10. The zero-order chi connectivity index (χ0) is 12.0. The first-order chi connectivity index (χ1) is 8.15. The molecule has 17 heavy (non-hydrogen) atoms. The molecule has 3 rings (SSSR count). The topological polar surface area (TPSA) is 83.0 Å². The summed E-state index contributed by atoms with van der Waals surface area (Å²) in [5.74, 6) is 0.479. The van der Waals surface area contributed by atoms with Crippen molar-refractivity contribution in [2.24, 2.45) is 0 Å². The van der Waals surface area contributed by atoms with E-state index in [9.17, 15) is 9.59 Å². The van der Waals surface area contributed by atoms with Crippen molar-refractivity contribution in [1.82, 2.24) is 9.97 Å². The van der Waals surface area contributed by atoms with Gasteiger partial charge in [-0.25, -0.2) is 4.98 Å². The highest BCUT2D eigenvalue weighted by atomic mass is 16.4. The first kappa shape index (κ1) is 10.5.